The second kappa shape index (κ2) is 9.80. The molecule has 0 saturated heterocycles. The number of rotatable bonds is 11. The van der Waals surface area contributed by atoms with E-state index in [4.69, 9.17) is 13.3 Å². The number of hydrogen-bond acceptors (Lipinski definition) is 5. The maximum Gasteiger partial charge on any atom is 0.500 e. The van der Waals surface area contributed by atoms with Gasteiger partial charge in [0, 0.05) is 39.6 Å². The fraction of sp³-hybridized carbons (Fsp3) is 0.800. The molecule has 0 saturated carbocycles. The van der Waals surface area contributed by atoms with Gasteiger partial charge in [0.15, 0.2) is 0 Å². The van der Waals surface area contributed by atoms with Gasteiger partial charge < -0.3 is 18.7 Å². The Morgan fingerprint density at radius 3 is 2.50 bits per heavy atom. The molecule has 0 aliphatic heterocycles. The van der Waals surface area contributed by atoms with Crippen molar-refractivity contribution in [3.05, 3.63) is 12.8 Å². The van der Waals surface area contributed by atoms with Crippen LogP contribution in [0.25, 0.3) is 0 Å². The highest BCUT2D eigenvalue weighted by Crippen LogP contribution is 2.15. The van der Waals surface area contributed by atoms with E-state index in [0.717, 1.165) is 25.4 Å². The minimum Gasteiger partial charge on any atom is -0.377 e. The van der Waals surface area contributed by atoms with Crippen LogP contribution in [0, 0.1) is 0 Å². The van der Waals surface area contributed by atoms with Gasteiger partial charge in [-0.2, -0.15) is 0 Å². The first-order valence-corrected chi connectivity index (χ1v) is 7.51. The van der Waals surface area contributed by atoms with Crippen molar-refractivity contribution < 1.29 is 13.3 Å². The monoisotopic (exact) mass is 248 g/mol. The molecule has 0 aromatic carbocycles. The maximum atomic E-state index is 5.71. The molecule has 0 aliphatic rings. The fourth-order valence-corrected chi connectivity index (χ4v) is 3.35. The van der Waals surface area contributed by atoms with Crippen LogP contribution in [0.4, 0.5) is 0 Å². The molecule has 0 heterocycles. The third-order valence-electron chi connectivity index (χ3n) is 2.14. The summed E-state index contributed by atoms with van der Waals surface area (Å²) in [7, 11) is 0.889. The summed E-state index contributed by atoms with van der Waals surface area (Å²) in [6.07, 6.45) is 3.50. The molecule has 0 fully saturated rings. The largest absolute Gasteiger partial charge is 0.500 e. The molecule has 0 unspecified atom stereocenters. The summed E-state index contributed by atoms with van der Waals surface area (Å²) in [5, 5.41) is 0. The smallest absolute Gasteiger partial charge is 0.377 e. The Bertz CT molecular complexity index is 177. The Labute approximate surface area is 99.5 Å². The first kappa shape index (κ1) is 15.6. The first-order chi connectivity index (χ1) is 7.74. The summed E-state index contributed by atoms with van der Waals surface area (Å²) in [6, 6.07) is 0.811. The van der Waals surface area contributed by atoms with E-state index in [2.05, 4.69) is 24.4 Å². The summed E-state index contributed by atoms with van der Waals surface area (Å²) in [6.45, 7) is 7.12. The van der Waals surface area contributed by atoms with Crippen LogP contribution in [0.2, 0.25) is 6.04 Å². The van der Waals surface area contributed by atoms with Crippen molar-refractivity contribution in [2.24, 2.45) is 0 Å². The van der Waals surface area contributed by atoms with Gasteiger partial charge in [-0.25, -0.2) is 5.43 Å². The standard InChI is InChI=1S/C10H24N2O3Si/c1-5-9-15-16(13-3,14-4)10-7-8-12-11-6-2/h6,11-12H,2,5,7-10H2,1,3-4H3. The van der Waals surface area contributed by atoms with Crippen molar-refractivity contribution in [2.45, 2.75) is 25.8 Å². The maximum absolute atomic E-state index is 5.71. The molecule has 0 bridgehead atoms. The zero-order chi connectivity index (χ0) is 12.3. The molecule has 5 nitrogen and oxygen atoms in total. The minimum atomic E-state index is -2.42. The van der Waals surface area contributed by atoms with Gasteiger partial charge in [0.05, 0.1) is 0 Å². The van der Waals surface area contributed by atoms with Gasteiger partial charge in [0.2, 0.25) is 0 Å². The molecule has 0 atom stereocenters. The van der Waals surface area contributed by atoms with Gasteiger partial charge in [0.1, 0.15) is 0 Å². The van der Waals surface area contributed by atoms with Crippen LogP contribution in [-0.2, 0) is 13.3 Å². The number of hydrogen-bond donors (Lipinski definition) is 2. The van der Waals surface area contributed by atoms with Crippen LogP contribution in [-0.4, -0.2) is 36.2 Å². The fourth-order valence-electron chi connectivity index (χ4n) is 1.27. The van der Waals surface area contributed by atoms with Gasteiger partial charge in [-0.1, -0.05) is 13.5 Å². The SMILES string of the molecule is C=CNNCCC[Si](OC)(OC)OCCC. The van der Waals surface area contributed by atoms with Crippen molar-refractivity contribution in [1.82, 2.24) is 10.9 Å². The Morgan fingerprint density at radius 2 is 2.00 bits per heavy atom. The Hall–Kier alpha value is -0.403. The molecule has 0 amide bonds. The van der Waals surface area contributed by atoms with Gasteiger partial charge in [-0.15, -0.1) is 0 Å². The normalized spacial score (nSPS) is 11.4. The van der Waals surface area contributed by atoms with Crippen molar-refractivity contribution >= 4 is 8.80 Å². The van der Waals surface area contributed by atoms with Crippen molar-refractivity contribution in [3.8, 4) is 0 Å². The number of nitrogens with one attached hydrogen (secondary N) is 2. The second-order valence-electron chi connectivity index (χ2n) is 3.32. The first-order valence-electron chi connectivity index (χ1n) is 5.58. The highest BCUT2D eigenvalue weighted by Gasteiger charge is 2.37. The van der Waals surface area contributed by atoms with E-state index in [1.54, 1.807) is 20.4 Å². The predicted molar refractivity (Wildman–Crippen MR) is 66.8 cm³/mol. The quantitative estimate of drug-likeness (QED) is 0.328. The molecule has 0 rings (SSSR count). The summed E-state index contributed by atoms with van der Waals surface area (Å²) in [5.74, 6) is 0. The van der Waals surface area contributed by atoms with E-state index < -0.39 is 8.80 Å². The Kier molecular flexibility index (Phi) is 9.55. The Balaban J connectivity index is 3.86. The lowest BCUT2D eigenvalue weighted by atomic mass is 10.5. The highest BCUT2D eigenvalue weighted by atomic mass is 28.4. The van der Waals surface area contributed by atoms with Gasteiger partial charge in [-0.05, 0) is 12.8 Å². The summed E-state index contributed by atoms with van der Waals surface area (Å²) in [4.78, 5) is 0. The average molecular weight is 248 g/mol. The average Bonchev–Trinajstić information content (AvgIpc) is 2.33. The van der Waals surface area contributed by atoms with E-state index >= 15 is 0 Å². The lowest BCUT2D eigenvalue weighted by molar-refractivity contribution is 0.0977. The third-order valence-corrected chi connectivity index (χ3v) is 4.99. The Morgan fingerprint density at radius 1 is 1.31 bits per heavy atom. The summed E-state index contributed by atoms with van der Waals surface area (Å²) < 4.78 is 16.6. The van der Waals surface area contributed by atoms with Gasteiger partial charge in [0.25, 0.3) is 0 Å². The highest BCUT2D eigenvalue weighted by molar-refractivity contribution is 6.60. The molecular formula is C10H24N2O3Si. The molecule has 0 aromatic heterocycles. The molecule has 16 heavy (non-hydrogen) atoms. The van der Waals surface area contributed by atoms with Gasteiger partial charge in [-0.3, -0.25) is 0 Å². The van der Waals surface area contributed by atoms with E-state index in [1.165, 1.54) is 0 Å². The minimum absolute atomic E-state index is 0.687. The molecule has 0 spiro atoms. The van der Waals surface area contributed by atoms with Crippen LogP contribution in [0.1, 0.15) is 19.8 Å². The zero-order valence-corrected chi connectivity index (χ0v) is 11.5. The molecule has 0 aromatic rings. The zero-order valence-electron chi connectivity index (χ0n) is 10.5. The predicted octanol–water partition coefficient (Wildman–Crippen LogP) is 1.27. The van der Waals surface area contributed by atoms with Crippen LogP contribution >= 0.6 is 0 Å². The van der Waals surface area contributed by atoms with E-state index in [1.807, 2.05) is 0 Å². The van der Waals surface area contributed by atoms with Gasteiger partial charge >= 0.3 is 8.80 Å². The number of hydrazine groups is 1. The van der Waals surface area contributed by atoms with E-state index in [9.17, 15) is 0 Å². The van der Waals surface area contributed by atoms with Crippen LogP contribution < -0.4 is 10.9 Å². The van der Waals surface area contributed by atoms with Crippen molar-refractivity contribution in [2.75, 3.05) is 27.4 Å². The summed E-state index contributed by atoms with van der Waals surface area (Å²) in [5.41, 5.74) is 5.82. The third kappa shape index (κ3) is 6.24. The lowest BCUT2D eigenvalue weighted by Gasteiger charge is -2.26. The van der Waals surface area contributed by atoms with E-state index in [0.29, 0.717) is 6.61 Å². The molecule has 2 N–H and O–H groups in total. The molecule has 0 radical (unpaired) electrons. The summed E-state index contributed by atoms with van der Waals surface area (Å²) >= 11 is 0. The van der Waals surface area contributed by atoms with Crippen molar-refractivity contribution in [1.29, 1.82) is 0 Å². The van der Waals surface area contributed by atoms with Crippen LogP contribution in [0.15, 0.2) is 12.8 Å². The molecule has 0 aliphatic carbocycles. The molecule has 6 heteroatoms. The van der Waals surface area contributed by atoms with Crippen LogP contribution in [0.3, 0.4) is 0 Å². The molecule has 96 valence electrons. The lowest BCUT2D eigenvalue weighted by Crippen LogP contribution is -2.44. The second-order valence-corrected chi connectivity index (χ2v) is 6.29. The topological polar surface area (TPSA) is 51.8 Å². The molecular weight excluding hydrogens is 224 g/mol. The van der Waals surface area contributed by atoms with E-state index in [-0.39, 0.29) is 0 Å². The van der Waals surface area contributed by atoms with Crippen LogP contribution in [0.5, 0.6) is 0 Å². The van der Waals surface area contributed by atoms with Crippen molar-refractivity contribution in [3.63, 3.8) is 0 Å².